The predicted octanol–water partition coefficient (Wildman–Crippen LogP) is 1.82. The van der Waals surface area contributed by atoms with Crippen LogP contribution in [0.1, 0.15) is 25.7 Å². The minimum absolute atomic E-state index is 0.0658. The van der Waals surface area contributed by atoms with E-state index in [-0.39, 0.29) is 24.5 Å². The van der Waals surface area contributed by atoms with E-state index in [4.69, 9.17) is 16.3 Å². The van der Waals surface area contributed by atoms with Crippen LogP contribution in [0, 0.1) is 11.8 Å². The zero-order valence-corrected chi connectivity index (χ0v) is 16.1. The molecule has 0 radical (unpaired) electrons. The SMILES string of the molecule is O=C(COc1ccccc1Cl)NC[C@H]1[C@@H]2CNC[C@H](C2)[C@@H]2CCCC(=O)N21. The number of rotatable bonds is 5. The molecular weight excluding hydrogens is 366 g/mol. The summed E-state index contributed by atoms with van der Waals surface area (Å²) in [5.74, 6) is 1.49. The summed E-state index contributed by atoms with van der Waals surface area (Å²) < 4.78 is 5.51. The van der Waals surface area contributed by atoms with Crippen molar-refractivity contribution in [3.8, 4) is 5.75 Å². The number of hydrogen-bond donors (Lipinski definition) is 2. The van der Waals surface area contributed by atoms with Crippen molar-refractivity contribution in [1.29, 1.82) is 0 Å². The highest BCUT2D eigenvalue weighted by atomic mass is 35.5. The van der Waals surface area contributed by atoms with Gasteiger partial charge >= 0.3 is 0 Å². The first-order chi connectivity index (χ1) is 13.1. The maximum Gasteiger partial charge on any atom is 0.258 e. The van der Waals surface area contributed by atoms with E-state index in [2.05, 4.69) is 15.5 Å². The molecule has 146 valence electrons. The average Bonchev–Trinajstić information content (AvgIpc) is 2.68. The molecule has 4 rings (SSSR count). The van der Waals surface area contributed by atoms with Gasteiger partial charge in [0.15, 0.2) is 6.61 Å². The molecule has 2 amide bonds. The fraction of sp³-hybridized carbons (Fsp3) is 0.600. The van der Waals surface area contributed by atoms with Gasteiger partial charge in [0.05, 0.1) is 11.1 Å². The first-order valence-corrected chi connectivity index (χ1v) is 10.2. The number of piperidine rings is 3. The van der Waals surface area contributed by atoms with Crippen LogP contribution in [0.3, 0.4) is 0 Å². The summed E-state index contributed by atoms with van der Waals surface area (Å²) in [6.45, 7) is 2.30. The lowest BCUT2D eigenvalue weighted by atomic mass is 9.72. The molecule has 1 aromatic rings. The van der Waals surface area contributed by atoms with Gasteiger partial charge in [0, 0.05) is 25.6 Å². The standard InChI is InChI=1S/C20H26ClN3O3/c21-15-4-1-2-6-18(15)27-12-19(25)23-11-17-14-8-13(9-22-10-14)16-5-3-7-20(26)24(16)17/h1-2,4,6,13-14,16-17,22H,3,5,7-12H2,(H,23,25)/t13-,14-,16-,17-/m0/s1. The molecule has 0 aromatic heterocycles. The number of para-hydroxylation sites is 1. The number of ether oxygens (including phenoxy) is 1. The zero-order valence-electron chi connectivity index (χ0n) is 15.3. The molecular formula is C20H26ClN3O3. The van der Waals surface area contributed by atoms with E-state index in [1.807, 2.05) is 12.1 Å². The number of hydrogen-bond acceptors (Lipinski definition) is 4. The van der Waals surface area contributed by atoms with Crippen molar-refractivity contribution in [1.82, 2.24) is 15.5 Å². The van der Waals surface area contributed by atoms with Crippen LogP contribution in [0.4, 0.5) is 0 Å². The fourth-order valence-corrected chi connectivity index (χ4v) is 5.06. The van der Waals surface area contributed by atoms with Gasteiger partial charge in [-0.05, 0) is 49.8 Å². The van der Waals surface area contributed by atoms with Crippen LogP contribution < -0.4 is 15.4 Å². The summed E-state index contributed by atoms with van der Waals surface area (Å²) in [6, 6.07) is 7.48. The van der Waals surface area contributed by atoms with Crippen molar-refractivity contribution in [2.24, 2.45) is 11.8 Å². The molecule has 3 aliphatic rings. The Balaban J connectivity index is 1.36. The minimum Gasteiger partial charge on any atom is -0.482 e. The number of carbonyl (C=O) groups excluding carboxylic acids is 2. The van der Waals surface area contributed by atoms with Gasteiger partial charge in [0.25, 0.3) is 5.91 Å². The van der Waals surface area contributed by atoms with Crippen LogP contribution in [-0.4, -0.2) is 55.0 Å². The topological polar surface area (TPSA) is 70.7 Å². The summed E-state index contributed by atoms with van der Waals surface area (Å²) in [6.07, 6.45) is 3.82. The second-order valence-corrected chi connectivity index (χ2v) is 8.17. The number of nitrogens with one attached hydrogen (secondary N) is 2. The summed E-state index contributed by atoms with van der Waals surface area (Å²) >= 11 is 6.05. The van der Waals surface area contributed by atoms with Gasteiger partial charge in [-0.25, -0.2) is 0 Å². The average molecular weight is 392 g/mol. The monoisotopic (exact) mass is 391 g/mol. The van der Waals surface area contributed by atoms with Crippen LogP contribution in [0.2, 0.25) is 5.02 Å². The van der Waals surface area contributed by atoms with Crippen LogP contribution >= 0.6 is 11.6 Å². The largest absolute Gasteiger partial charge is 0.482 e. The normalized spacial score (nSPS) is 29.8. The molecule has 3 saturated heterocycles. The molecule has 0 aliphatic carbocycles. The van der Waals surface area contributed by atoms with Crippen molar-refractivity contribution >= 4 is 23.4 Å². The molecule has 0 spiro atoms. The third-order valence-electron chi connectivity index (χ3n) is 6.10. The van der Waals surface area contributed by atoms with Gasteiger partial charge in [-0.15, -0.1) is 0 Å². The number of halogens is 1. The minimum atomic E-state index is -0.193. The lowest BCUT2D eigenvalue weighted by Gasteiger charge is -2.54. The molecule has 3 aliphatic heterocycles. The highest BCUT2D eigenvalue weighted by molar-refractivity contribution is 6.32. The second-order valence-electron chi connectivity index (χ2n) is 7.77. The van der Waals surface area contributed by atoms with E-state index in [0.717, 1.165) is 32.4 Å². The number of benzene rings is 1. The fourth-order valence-electron chi connectivity index (χ4n) is 4.87. The first-order valence-electron chi connectivity index (χ1n) is 9.79. The molecule has 6 nitrogen and oxygen atoms in total. The van der Waals surface area contributed by atoms with E-state index in [1.165, 1.54) is 0 Å². The zero-order chi connectivity index (χ0) is 18.8. The van der Waals surface area contributed by atoms with E-state index in [0.29, 0.717) is 41.6 Å². The molecule has 3 heterocycles. The van der Waals surface area contributed by atoms with Gasteiger partial charge in [0.2, 0.25) is 5.91 Å². The smallest absolute Gasteiger partial charge is 0.258 e. The molecule has 7 heteroatoms. The van der Waals surface area contributed by atoms with Crippen molar-refractivity contribution in [2.75, 3.05) is 26.2 Å². The maximum atomic E-state index is 12.6. The summed E-state index contributed by atoms with van der Waals surface area (Å²) in [4.78, 5) is 27.0. The Morgan fingerprint density at radius 1 is 1.30 bits per heavy atom. The van der Waals surface area contributed by atoms with Crippen LogP contribution in [0.5, 0.6) is 5.75 Å². The summed E-state index contributed by atoms with van der Waals surface area (Å²) in [5.41, 5.74) is 0. The molecule has 0 saturated carbocycles. The number of nitrogens with zero attached hydrogens (tertiary/aromatic N) is 1. The van der Waals surface area contributed by atoms with Crippen LogP contribution in [0.25, 0.3) is 0 Å². The molecule has 2 bridgehead atoms. The number of carbonyl (C=O) groups is 2. The maximum absolute atomic E-state index is 12.6. The Hall–Kier alpha value is -1.79. The third-order valence-corrected chi connectivity index (χ3v) is 6.42. The van der Waals surface area contributed by atoms with Crippen molar-refractivity contribution in [3.05, 3.63) is 29.3 Å². The van der Waals surface area contributed by atoms with Gasteiger partial charge < -0.3 is 20.3 Å². The van der Waals surface area contributed by atoms with E-state index >= 15 is 0 Å². The molecule has 4 atom stereocenters. The van der Waals surface area contributed by atoms with Gasteiger partial charge in [-0.2, -0.15) is 0 Å². The molecule has 3 fully saturated rings. The quantitative estimate of drug-likeness (QED) is 0.803. The van der Waals surface area contributed by atoms with Gasteiger partial charge in [-0.1, -0.05) is 23.7 Å². The van der Waals surface area contributed by atoms with Crippen molar-refractivity contribution < 1.29 is 14.3 Å². The van der Waals surface area contributed by atoms with Crippen LogP contribution in [0.15, 0.2) is 24.3 Å². The summed E-state index contributed by atoms with van der Waals surface area (Å²) in [7, 11) is 0. The highest BCUT2D eigenvalue weighted by Gasteiger charge is 2.47. The summed E-state index contributed by atoms with van der Waals surface area (Å²) in [5, 5.41) is 6.97. The number of amides is 2. The Morgan fingerprint density at radius 3 is 2.96 bits per heavy atom. The molecule has 2 N–H and O–H groups in total. The third kappa shape index (κ3) is 3.92. The predicted molar refractivity (Wildman–Crippen MR) is 103 cm³/mol. The Bertz CT molecular complexity index is 713. The molecule has 27 heavy (non-hydrogen) atoms. The molecule has 0 unspecified atom stereocenters. The van der Waals surface area contributed by atoms with Gasteiger partial charge in [-0.3, -0.25) is 9.59 Å². The van der Waals surface area contributed by atoms with E-state index in [9.17, 15) is 9.59 Å². The Morgan fingerprint density at radius 2 is 2.11 bits per heavy atom. The lowest BCUT2D eigenvalue weighted by Crippen LogP contribution is -2.66. The van der Waals surface area contributed by atoms with E-state index in [1.54, 1.807) is 12.1 Å². The van der Waals surface area contributed by atoms with Crippen molar-refractivity contribution in [3.63, 3.8) is 0 Å². The van der Waals surface area contributed by atoms with Gasteiger partial charge in [0.1, 0.15) is 5.75 Å². The van der Waals surface area contributed by atoms with Crippen LogP contribution in [-0.2, 0) is 9.59 Å². The Labute approximate surface area is 164 Å². The first kappa shape index (κ1) is 18.6. The second kappa shape index (κ2) is 8.07. The van der Waals surface area contributed by atoms with E-state index < -0.39 is 0 Å². The molecule has 1 aromatic carbocycles. The number of fused-ring (bicyclic) bond motifs is 4. The highest BCUT2D eigenvalue weighted by Crippen LogP contribution is 2.39. The Kier molecular flexibility index (Phi) is 5.55. The lowest BCUT2D eigenvalue weighted by molar-refractivity contribution is -0.149. The van der Waals surface area contributed by atoms with Crippen molar-refractivity contribution in [2.45, 2.75) is 37.8 Å².